The molecule has 1 aliphatic carbocycles. The average molecular weight is 232 g/mol. The summed E-state index contributed by atoms with van der Waals surface area (Å²) in [6.07, 6.45) is 7.58. The minimum Gasteiger partial charge on any atom is -0.330 e. The van der Waals surface area contributed by atoms with Gasteiger partial charge in [-0.3, -0.25) is 0 Å². The number of aryl methyl sites for hydroxylation is 2. The third-order valence-electron chi connectivity index (χ3n) is 3.55. The molecule has 0 fully saturated rings. The van der Waals surface area contributed by atoms with Crippen molar-refractivity contribution < 1.29 is 0 Å². The Morgan fingerprint density at radius 2 is 1.88 bits per heavy atom. The number of fused-ring (bicyclic) bond motifs is 1. The molecule has 0 atom stereocenters. The molecule has 2 rings (SSSR count). The van der Waals surface area contributed by atoms with E-state index in [1.807, 2.05) is 0 Å². The van der Waals surface area contributed by atoms with Gasteiger partial charge in [-0.2, -0.15) is 0 Å². The van der Waals surface area contributed by atoms with Crippen LogP contribution in [-0.4, -0.2) is 13.1 Å². The van der Waals surface area contributed by atoms with Gasteiger partial charge in [0.15, 0.2) is 0 Å². The van der Waals surface area contributed by atoms with E-state index in [-0.39, 0.29) is 0 Å². The van der Waals surface area contributed by atoms with E-state index in [1.165, 1.54) is 37.7 Å². The van der Waals surface area contributed by atoms with Crippen molar-refractivity contribution in [1.29, 1.82) is 0 Å². The molecule has 0 amide bonds. The van der Waals surface area contributed by atoms with E-state index in [1.54, 1.807) is 11.1 Å². The molecule has 0 saturated heterocycles. The van der Waals surface area contributed by atoms with E-state index in [0.29, 0.717) is 0 Å². The summed E-state index contributed by atoms with van der Waals surface area (Å²) in [5.74, 6) is 0. The summed E-state index contributed by atoms with van der Waals surface area (Å²) in [6.45, 7) is 2.88. The van der Waals surface area contributed by atoms with Crippen LogP contribution in [0.5, 0.6) is 0 Å². The van der Waals surface area contributed by atoms with Crippen LogP contribution in [0.4, 0.5) is 0 Å². The number of nitrogens with one attached hydrogen (secondary N) is 1. The van der Waals surface area contributed by atoms with Crippen LogP contribution in [0.3, 0.4) is 0 Å². The minimum absolute atomic E-state index is 0.806. The Kier molecular flexibility index (Phi) is 5.02. The van der Waals surface area contributed by atoms with Crippen LogP contribution in [0.25, 0.3) is 0 Å². The highest BCUT2D eigenvalue weighted by Gasteiger charge is 2.08. The summed E-state index contributed by atoms with van der Waals surface area (Å²) in [5, 5.41) is 3.49. The molecule has 2 nitrogen and oxygen atoms in total. The van der Waals surface area contributed by atoms with E-state index in [2.05, 4.69) is 23.5 Å². The second kappa shape index (κ2) is 6.77. The predicted molar refractivity (Wildman–Crippen MR) is 73.1 cm³/mol. The van der Waals surface area contributed by atoms with Gasteiger partial charge in [-0.25, -0.2) is 0 Å². The standard InChI is InChI=1S/C15H24N2/c16-9-3-4-10-17-12-13-7-8-14-5-1-2-6-15(14)11-13/h7-8,11,17H,1-6,9-10,12,16H2. The molecule has 2 heteroatoms. The maximum Gasteiger partial charge on any atom is 0.0205 e. The van der Waals surface area contributed by atoms with Gasteiger partial charge in [0.2, 0.25) is 0 Å². The molecule has 0 saturated carbocycles. The summed E-state index contributed by atoms with van der Waals surface area (Å²) < 4.78 is 0. The highest BCUT2D eigenvalue weighted by atomic mass is 14.8. The first-order valence-electron chi connectivity index (χ1n) is 6.91. The maximum atomic E-state index is 5.47. The zero-order valence-electron chi connectivity index (χ0n) is 10.7. The fraction of sp³-hybridized carbons (Fsp3) is 0.600. The maximum absolute atomic E-state index is 5.47. The molecule has 1 aromatic rings. The minimum atomic E-state index is 0.806. The Labute approximate surface area is 105 Å². The highest BCUT2D eigenvalue weighted by molar-refractivity contribution is 5.33. The van der Waals surface area contributed by atoms with Gasteiger partial charge in [-0.1, -0.05) is 18.2 Å². The molecule has 94 valence electrons. The number of hydrogen-bond donors (Lipinski definition) is 2. The molecule has 17 heavy (non-hydrogen) atoms. The Balaban J connectivity index is 1.81. The van der Waals surface area contributed by atoms with Gasteiger partial charge < -0.3 is 11.1 Å². The van der Waals surface area contributed by atoms with Gasteiger partial charge >= 0.3 is 0 Å². The van der Waals surface area contributed by atoms with Crippen molar-refractivity contribution in [3.8, 4) is 0 Å². The summed E-state index contributed by atoms with van der Waals surface area (Å²) in [7, 11) is 0. The zero-order valence-corrected chi connectivity index (χ0v) is 10.7. The van der Waals surface area contributed by atoms with Crippen molar-refractivity contribution in [2.75, 3.05) is 13.1 Å². The quantitative estimate of drug-likeness (QED) is 0.739. The molecule has 0 radical (unpaired) electrons. The van der Waals surface area contributed by atoms with Crippen LogP contribution in [0.2, 0.25) is 0 Å². The second-order valence-corrected chi connectivity index (χ2v) is 4.98. The Hall–Kier alpha value is -0.860. The van der Waals surface area contributed by atoms with E-state index >= 15 is 0 Å². The lowest BCUT2D eigenvalue weighted by molar-refractivity contribution is 0.625. The highest BCUT2D eigenvalue weighted by Crippen LogP contribution is 2.22. The summed E-state index contributed by atoms with van der Waals surface area (Å²) in [4.78, 5) is 0. The van der Waals surface area contributed by atoms with Crippen molar-refractivity contribution in [1.82, 2.24) is 5.32 Å². The molecule has 0 heterocycles. The monoisotopic (exact) mass is 232 g/mol. The van der Waals surface area contributed by atoms with Crippen molar-refractivity contribution in [3.63, 3.8) is 0 Å². The molecular weight excluding hydrogens is 208 g/mol. The predicted octanol–water partition coefficient (Wildman–Crippen LogP) is 2.39. The van der Waals surface area contributed by atoms with E-state index in [9.17, 15) is 0 Å². The third kappa shape index (κ3) is 3.83. The molecule has 3 N–H and O–H groups in total. The number of benzene rings is 1. The average Bonchev–Trinajstić information content (AvgIpc) is 2.38. The SMILES string of the molecule is NCCCCNCc1ccc2c(c1)CCCC2. The van der Waals surface area contributed by atoms with E-state index in [4.69, 9.17) is 5.73 Å². The molecule has 0 spiro atoms. The number of hydrogen-bond acceptors (Lipinski definition) is 2. The lowest BCUT2D eigenvalue weighted by Gasteiger charge is -2.16. The Morgan fingerprint density at radius 3 is 2.71 bits per heavy atom. The number of nitrogens with two attached hydrogens (primary N) is 1. The van der Waals surface area contributed by atoms with Gasteiger partial charge in [0.25, 0.3) is 0 Å². The fourth-order valence-electron chi connectivity index (χ4n) is 2.52. The number of unbranched alkanes of at least 4 members (excludes halogenated alkanes) is 1. The Bertz CT molecular complexity index is 347. The first-order chi connectivity index (χ1) is 8.40. The first kappa shape index (κ1) is 12.6. The molecular formula is C15H24N2. The second-order valence-electron chi connectivity index (χ2n) is 4.98. The molecule has 0 bridgehead atoms. The van der Waals surface area contributed by atoms with Crippen molar-refractivity contribution in [3.05, 3.63) is 34.9 Å². The summed E-state index contributed by atoms with van der Waals surface area (Å²) in [5.41, 5.74) is 10.1. The number of rotatable bonds is 6. The van der Waals surface area contributed by atoms with Crippen LogP contribution in [0.15, 0.2) is 18.2 Å². The topological polar surface area (TPSA) is 38.0 Å². The Morgan fingerprint density at radius 1 is 1.06 bits per heavy atom. The van der Waals surface area contributed by atoms with Crippen LogP contribution < -0.4 is 11.1 Å². The van der Waals surface area contributed by atoms with Crippen molar-refractivity contribution in [2.45, 2.75) is 45.1 Å². The van der Waals surface area contributed by atoms with Gasteiger partial charge in [0, 0.05) is 6.54 Å². The van der Waals surface area contributed by atoms with Gasteiger partial charge in [0.1, 0.15) is 0 Å². The van der Waals surface area contributed by atoms with Crippen LogP contribution in [0.1, 0.15) is 42.4 Å². The molecule has 1 aliphatic rings. The summed E-state index contributed by atoms with van der Waals surface area (Å²) >= 11 is 0. The van der Waals surface area contributed by atoms with Gasteiger partial charge in [-0.05, 0) is 68.3 Å². The lowest BCUT2D eigenvalue weighted by Crippen LogP contribution is -2.16. The van der Waals surface area contributed by atoms with Crippen molar-refractivity contribution in [2.24, 2.45) is 5.73 Å². The molecule has 0 unspecified atom stereocenters. The smallest absolute Gasteiger partial charge is 0.0205 e. The zero-order chi connectivity index (χ0) is 11.9. The largest absolute Gasteiger partial charge is 0.330 e. The first-order valence-corrected chi connectivity index (χ1v) is 6.91. The lowest BCUT2D eigenvalue weighted by atomic mass is 9.90. The summed E-state index contributed by atoms with van der Waals surface area (Å²) in [6, 6.07) is 7.00. The normalized spacial score (nSPS) is 14.6. The van der Waals surface area contributed by atoms with Crippen LogP contribution in [-0.2, 0) is 19.4 Å². The van der Waals surface area contributed by atoms with E-state index < -0.39 is 0 Å². The molecule has 1 aromatic carbocycles. The van der Waals surface area contributed by atoms with Crippen LogP contribution in [0, 0.1) is 0 Å². The fourth-order valence-corrected chi connectivity index (χ4v) is 2.52. The van der Waals surface area contributed by atoms with E-state index in [0.717, 1.165) is 26.1 Å². The van der Waals surface area contributed by atoms with Crippen LogP contribution >= 0.6 is 0 Å². The molecule has 0 aliphatic heterocycles. The third-order valence-corrected chi connectivity index (χ3v) is 3.55. The van der Waals surface area contributed by atoms with Gasteiger partial charge in [-0.15, -0.1) is 0 Å². The van der Waals surface area contributed by atoms with Crippen molar-refractivity contribution >= 4 is 0 Å². The van der Waals surface area contributed by atoms with Gasteiger partial charge in [0.05, 0.1) is 0 Å². The molecule has 0 aromatic heterocycles.